The average Bonchev–Trinajstić information content (AvgIpc) is 3.05. The van der Waals surface area contributed by atoms with Crippen LogP contribution in [0.3, 0.4) is 0 Å². The summed E-state index contributed by atoms with van der Waals surface area (Å²) in [6, 6.07) is 3.87. The number of nitrogens with zero attached hydrogens (tertiary/aromatic N) is 2. The molecular formula is C17H12ClFN4O3S. The lowest BCUT2D eigenvalue weighted by atomic mass is 10.1. The number of aliphatic imine (C=N–C) groups is 1. The molecule has 1 aromatic carbocycles. The molecule has 2 N–H and O–H groups in total. The second-order valence-electron chi connectivity index (χ2n) is 5.49. The van der Waals surface area contributed by atoms with Crippen LogP contribution in [0.25, 0.3) is 0 Å². The van der Waals surface area contributed by atoms with E-state index in [0.29, 0.717) is 16.5 Å². The highest BCUT2D eigenvalue weighted by Gasteiger charge is 2.18. The Labute approximate surface area is 162 Å². The molecule has 0 saturated carbocycles. The Morgan fingerprint density at radius 2 is 2.11 bits per heavy atom. The van der Waals surface area contributed by atoms with Gasteiger partial charge in [0.1, 0.15) is 5.82 Å². The molecule has 0 radical (unpaired) electrons. The van der Waals surface area contributed by atoms with Crippen molar-refractivity contribution in [2.24, 2.45) is 10.9 Å². The Hall–Kier alpha value is -2.91. The minimum atomic E-state index is -0.651. The molecule has 3 amide bonds. The van der Waals surface area contributed by atoms with E-state index >= 15 is 0 Å². The molecule has 1 atom stereocenters. The molecule has 0 fully saturated rings. The van der Waals surface area contributed by atoms with E-state index in [-0.39, 0.29) is 23.3 Å². The quantitative estimate of drug-likeness (QED) is 0.797. The number of carbonyl (C=O) groups is 3. The minimum Gasteiger partial charge on any atom is -0.326 e. The molecule has 27 heavy (non-hydrogen) atoms. The van der Waals surface area contributed by atoms with Crippen molar-refractivity contribution in [2.45, 2.75) is 6.42 Å². The van der Waals surface area contributed by atoms with Gasteiger partial charge in [0.25, 0.3) is 5.91 Å². The van der Waals surface area contributed by atoms with Crippen LogP contribution >= 0.6 is 22.9 Å². The number of nitrogens with one attached hydrogen (secondary N) is 2. The monoisotopic (exact) mass is 406 g/mol. The molecule has 3 rings (SSSR count). The van der Waals surface area contributed by atoms with E-state index < -0.39 is 17.6 Å². The van der Waals surface area contributed by atoms with Gasteiger partial charge >= 0.3 is 0 Å². The Balaban J connectivity index is 1.55. The zero-order chi connectivity index (χ0) is 19.4. The highest BCUT2D eigenvalue weighted by atomic mass is 35.5. The second-order valence-corrected chi connectivity index (χ2v) is 6.75. The number of dihydropyridines is 1. The van der Waals surface area contributed by atoms with Crippen LogP contribution in [0, 0.1) is 11.7 Å². The number of thiazole rings is 1. The Kier molecular flexibility index (Phi) is 5.72. The summed E-state index contributed by atoms with van der Waals surface area (Å²) in [5.41, 5.74) is 0.831. The standard InChI is InChI=1S/C17H12ClFN4O3S/c18-12-5-10(2-3-13(12)19)21-15(25)6-11-8-27-17(22-11)23-16(26)9-1-4-14(24)20-7-9/h1-5,7-9H,6H2,(H,21,25)(H,22,23,26). The smallest absolute Gasteiger partial charge is 0.269 e. The van der Waals surface area contributed by atoms with Gasteiger partial charge in [0, 0.05) is 23.4 Å². The SMILES string of the molecule is O=C1C=CC(C(=O)Nc2nc(CC(=O)Nc3ccc(F)c(Cl)c3)cs2)C=N1. The van der Waals surface area contributed by atoms with Crippen LogP contribution in [0.15, 0.2) is 40.7 Å². The molecule has 138 valence electrons. The molecule has 0 aliphatic carbocycles. The first kappa shape index (κ1) is 18.9. The number of hydrogen-bond acceptors (Lipinski definition) is 5. The van der Waals surface area contributed by atoms with Crippen LogP contribution in [-0.4, -0.2) is 28.9 Å². The summed E-state index contributed by atoms with van der Waals surface area (Å²) in [5.74, 6) is -2.38. The first-order valence-corrected chi connectivity index (χ1v) is 8.93. The molecule has 7 nitrogen and oxygen atoms in total. The number of hydrogen-bond donors (Lipinski definition) is 2. The Bertz CT molecular complexity index is 957. The van der Waals surface area contributed by atoms with Gasteiger partial charge < -0.3 is 10.6 Å². The highest BCUT2D eigenvalue weighted by molar-refractivity contribution is 7.14. The topological polar surface area (TPSA) is 101 Å². The maximum Gasteiger partial charge on any atom is 0.269 e. The Morgan fingerprint density at radius 3 is 2.81 bits per heavy atom. The molecule has 2 heterocycles. The van der Waals surface area contributed by atoms with Crippen LogP contribution in [0.2, 0.25) is 5.02 Å². The summed E-state index contributed by atoms with van der Waals surface area (Å²) in [4.78, 5) is 42.8. The lowest BCUT2D eigenvalue weighted by Crippen LogP contribution is -2.24. The third-order valence-corrected chi connectivity index (χ3v) is 4.53. The first-order chi connectivity index (χ1) is 12.9. The summed E-state index contributed by atoms with van der Waals surface area (Å²) in [6.45, 7) is 0. The van der Waals surface area contributed by atoms with Crippen LogP contribution in [0.4, 0.5) is 15.2 Å². The molecule has 0 bridgehead atoms. The van der Waals surface area contributed by atoms with Crippen molar-refractivity contribution in [1.29, 1.82) is 0 Å². The molecule has 2 aromatic rings. The predicted octanol–water partition coefficient (Wildman–Crippen LogP) is 2.84. The van der Waals surface area contributed by atoms with Crippen molar-refractivity contribution in [2.75, 3.05) is 10.6 Å². The lowest BCUT2D eigenvalue weighted by molar-refractivity contribution is -0.117. The summed E-state index contributed by atoms with van der Waals surface area (Å²) in [7, 11) is 0. The van der Waals surface area contributed by atoms with E-state index in [0.717, 1.165) is 6.07 Å². The van der Waals surface area contributed by atoms with E-state index in [1.165, 1.54) is 41.8 Å². The van der Waals surface area contributed by atoms with Gasteiger partial charge in [0.2, 0.25) is 11.8 Å². The summed E-state index contributed by atoms with van der Waals surface area (Å²) < 4.78 is 13.1. The van der Waals surface area contributed by atoms with Crippen molar-refractivity contribution in [1.82, 2.24) is 4.98 Å². The second kappa shape index (κ2) is 8.19. The van der Waals surface area contributed by atoms with Crippen molar-refractivity contribution < 1.29 is 18.8 Å². The number of anilines is 2. The van der Waals surface area contributed by atoms with E-state index in [9.17, 15) is 18.8 Å². The normalized spacial score (nSPS) is 15.6. The molecule has 1 aliphatic rings. The summed E-state index contributed by atoms with van der Waals surface area (Å²) in [5, 5.41) is 7.08. The zero-order valence-corrected chi connectivity index (χ0v) is 15.2. The number of aromatic nitrogens is 1. The zero-order valence-electron chi connectivity index (χ0n) is 13.6. The third-order valence-electron chi connectivity index (χ3n) is 3.44. The van der Waals surface area contributed by atoms with Gasteiger partial charge in [-0.25, -0.2) is 14.4 Å². The van der Waals surface area contributed by atoms with Crippen LogP contribution in [0.1, 0.15) is 5.69 Å². The van der Waals surface area contributed by atoms with Crippen molar-refractivity contribution in [3.05, 3.63) is 52.3 Å². The number of benzene rings is 1. The number of rotatable bonds is 5. The van der Waals surface area contributed by atoms with Gasteiger partial charge in [-0.05, 0) is 18.2 Å². The number of halogens is 2. The fourth-order valence-electron chi connectivity index (χ4n) is 2.17. The van der Waals surface area contributed by atoms with Crippen molar-refractivity contribution >= 4 is 57.7 Å². The van der Waals surface area contributed by atoms with Gasteiger partial charge in [0.05, 0.1) is 23.1 Å². The third kappa shape index (κ3) is 5.05. The van der Waals surface area contributed by atoms with Crippen LogP contribution < -0.4 is 10.6 Å². The van der Waals surface area contributed by atoms with E-state index in [1.54, 1.807) is 5.38 Å². The maximum atomic E-state index is 13.1. The van der Waals surface area contributed by atoms with Crippen molar-refractivity contribution in [3.63, 3.8) is 0 Å². The molecular weight excluding hydrogens is 395 g/mol. The van der Waals surface area contributed by atoms with Gasteiger partial charge in [0.15, 0.2) is 5.13 Å². The first-order valence-electron chi connectivity index (χ1n) is 7.67. The highest BCUT2D eigenvalue weighted by Crippen LogP contribution is 2.20. The molecule has 1 aliphatic heterocycles. The largest absolute Gasteiger partial charge is 0.326 e. The lowest BCUT2D eigenvalue weighted by Gasteiger charge is -2.08. The molecule has 0 spiro atoms. The van der Waals surface area contributed by atoms with Crippen molar-refractivity contribution in [3.8, 4) is 0 Å². The summed E-state index contributed by atoms with van der Waals surface area (Å²) >= 11 is 6.84. The molecule has 10 heteroatoms. The van der Waals surface area contributed by atoms with E-state index in [2.05, 4.69) is 20.6 Å². The molecule has 0 saturated heterocycles. The number of carbonyl (C=O) groups excluding carboxylic acids is 3. The van der Waals surface area contributed by atoms with Gasteiger partial charge in [-0.1, -0.05) is 17.7 Å². The van der Waals surface area contributed by atoms with Crippen LogP contribution in [0.5, 0.6) is 0 Å². The van der Waals surface area contributed by atoms with E-state index in [1.807, 2.05) is 0 Å². The van der Waals surface area contributed by atoms with Gasteiger partial charge in [-0.15, -0.1) is 11.3 Å². The Morgan fingerprint density at radius 1 is 1.30 bits per heavy atom. The molecule has 1 unspecified atom stereocenters. The maximum absolute atomic E-state index is 13.1. The molecule has 1 aromatic heterocycles. The van der Waals surface area contributed by atoms with Gasteiger partial charge in [-0.2, -0.15) is 0 Å². The number of amides is 3. The average molecular weight is 407 g/mol. The van der Waals surface area contributed by atoms with Crippen LogP contribution in [-0.2, 0) is 20.8 Å². The fourth-order valence-corrected chi connectivity index (χ4v) is 3.06. The van der Waals surface area contributed by atoms with Gasteiger partial charge in [-0.3, -0.25) is 14.4 Å². The summed E-state index contributed by atoms with van der Waals surface area (Å²) in [6.07, 6.45) is 3.90. The predicted molar refractivity (Wildman–Crippen MR) is 101 cm³/mol. The fraction of sp³-hybridized carbons (Fsp3) is 0.118. The van der Waals surface area contributed by atoms with E-state index in [4.69, 9.17) is 11.6 Å². The minimum absolute atomic E-state index is 0.0271.